The van der Waals surface area contributed by atoms with E-state index in [4.69, 9.17) is 20.5 Å². The van der Waals surface area contributed by atoms with Gasteiger partial charge >= 0.3 is 0 Å². The van der Waals surface area contributed by atoms with Gasteiger partial charge in [-0.25, -0.2) is 18.7 Å². The molecule has 0 spiro atoms. The Morgan fingerprint density at radius 2 is 1.77 bits per heavy atom. The molecule has 9 nitrogen and oxygen atoms in total. The van der Waals surface area contributed by atoms with Gasteiger partial charge in [-0.2, -0.15) is 5.26 Å². The molecular weight excluding hydrogens is 556 g/mol. The fourth-order valence-electron chi connectivity index (χ4n) is 4.70. The highest BCUT2D eigenvalue weighted by Gasteiger charge is 2.18. The molecule has 0 aliphatic carbocycles. The number of hydrogen-bond donors (Lipinski definition) is 3. The number of nitrogens with two attached hydrogens (primary N) is 1. The Hall–Kier alpha value is -4.73. The number of aliphatic hydroxyl groups is 2. The Balaban J connectivity index is 1.38. The molecule has 4 N–H and O–H groups in total. The summed E-state index contributed by atoms with van der Waals surface area (Å²) in [7, 11) is 1.55. The van der Waals surface area contributed by atoms with Gasteiger partial charge in [-0.1, -0.05) is 30.3 Å². The minimum atomic E-state index is -1.65. The molecule has 43 heavy (non-hydrogen) atoms. The largest absolute Gasteiger partial charge is 0.473 e. The van der Waals surface area contributed by atoms with E-state index in [2.05, 4.69) is 9.97 Å². The lowest BCUT2D eigenvalue weighted by molar-refractivity contribution is -0.0424. The molecule has 3 aromatic carbocycles. The highest BCUT2D eigenvalue weighted by atomic mass is 19.1. The van der Waals surface area contributed by atoms with Crippen LogP contribution in [0.2, 0.25) is 0 Å². The number of fused-ring (bicyclic) bond motifs is 1. The van der Waals surface area contributed by atoms with Crippen molar-refractivity contribution in [1.29, 1.82) is 5.26 Å². The predicted molar refractivity (Wildman–Crippen MR) is 155 cm³/mol. The summed E-state index contributed by atoms with van der Waals surface area (Å²) >= 11 is 0. The van der Waals surface area contributed by atoms with Crippen molar-refractivity contribution in [2.75, 3.05) is 13.7 Å². The van der Waals surface area contributed by atoms with Crippen LogP contribution in [0.15, 0.2) is 72.8 Å². The van der Waals surface area contributed by atoms with Crippen molar-refractivity contribution < 1.29 is 28.5 Å². The molecule has 1 unspecified atom stereocenters. The first-order valence-corrected chi connectivity index (χ1v) is 13.4. The summed E-state index contributed by atoms with van der Waals surface area (Å²) < 4.78 is 42.7. The number of pyridine rings is 1. The van der Waals surface area contributed by atoms with Crippen LogP contribution < -0.4 is 10.5 Å². The van der Waals surface area contributed by atoms with Crippen molar-refractivity contribution in [2.45, 2.75) is 32.0 Å². The summed E-state index contributed by atoms with van der Waals surface area (Å²) in [6.07, 6.45) is -1.82. The lowest BCUT2D eigenvalue weighted by Crippen LogP contribution is -2.28. The average molecular weight is 586 g/mol. The molecule has 0 saturated heterocycles. The van der Waals surface area contributed by atoms with Crippen molar-refractivity contribution in [1.82, 2.24) is 14.5 Å². The molecule has 0 saturated carbocycles. The van der Waals surface area contributed by atoms with E-state index >= 15 is 4.39 Å². The molecule has 1 atom stereocenters. The van der Waals surface area contributed by atoms with Gasteiger partial charge in [0.2, 0.25) is 5.88 Å². The predicted octanol–water partition coefficient (Wildman–Crippen LogP) is 4.37. The van der Waals surface area contributed by atoms with E-state index in [1.807, 2.05) is 10.6 Å². The third-order valence-corrected chi connectivity index (χ3v) is 7.11. The molecule has 0 aliphatic heterocycles. The molecule has 11 heteroatoms. The molecule has 220 valence electrons. The molecular formula is C32H29F2N5O4. The maximum absolute atomic E-state index is 15.5. The van der Waals surface area contributed by atoms with Gasteiger partial charge in [-0.05, 0) is 42.0 Å². The summed E-state index contributed by atoms with van der Waals surface area (Å²) in [5, 5.41) is 28.3. The van der Waals surface area contributed by atoms with E-state index in [-0.39, 0.29) is 42.7 Å². The first-order chi connectivity index (χ1) is 20.8. The number of nitriles is 1. The van der Waals surface area contributed by atoms with Crippen LogP contribution in [-0.4, -0.2) is 44.5 Å². The quantitative estimate of drug-likeness (QED) is 0.194. The van der Waals surface area contributed by atoms with Crippen LogP contribution in [0.4, 0.5) is 8.78 Å². The minimum Gasteiger partial charge on any atom is -0.473 e. The van der Waals surface area contributed by atoms with Crippen LogP contribution in [0, 0.1) is 23.0 Å². The third-order valence-electron chi connectivity index (χ3n) is 7.11. The molecule has 2 heterocycles. The number of halogens is 2. The van der Waals surface area contributed by atoms with Gasteiger partial charge in [-0.3, -0.25) is 0 Å². The number of ether oxygens (including phenoxy) is 2. The topological polar surface area (TPSA) is 139 Å². The van der Waals surface area contributed by atoms with E-state index in [0.717, 1.165) is 6.07 Å². The van der Waals surface area contributed by atoms with Gasteiger partial charge in [0.05, 0.1) is 41.0 Å². The van der Waals surface area contributed by atoms with Gasteiger partial charge in [-0.15, -0.1) is 0 Å². The number of aliphatic hydroxyl groups excluding tert-OH is 1. The average Bonchev–Trinajstić information content (AvgIpc) is 3.35. The SMILES string of the molecule is COC(CN)Cn1c(Cc2ccc(-c3cccc(OCc4ccc(C#N)cc4F)n3)cc2F)nc2ccc(C(O)O)cc21. The third kappa shape index (κ3) is 6.69. The summed E-state index contributed by atoms with van der Waals surface area (Å²) in [5.74, 6) is -0.212. The van der Waals surface area contributed by atoms with Gasteiger partial charge in [0.15, 0.2) is 6.29 Å². The Kier molecular flexibility index (Phi) is 9.04. The molecule has 0 amide bonds. The zero-order chi connectivity index (χ0) is 30.5. The Bertz CT molecular complexity index is 1800. The fourth-order valence-corrected chi connectivity index (χ4v) is 4.70. The molecule has 5 aromatic rings. The van der Waals surface area contributed by atoms with Gasteiger partial charge in [0.1, 0.15) is 24.1 Å². The molecule has 0 aliphatic rings. The number of rotatable bonds is 11. The summed E-state index contributed by atoms with van der Waals surface area (Å²) in [4.78, 5) is 9.14. The van der Waals surface area contributed by atoms with Crippen LogP contribution in [0.3, 0.4) is 0 Å². The highest BCUT2D eigenvalue weighted by Crippen LogP contribution is 2.27. The van der Waals surface area contributed by atoms with Crippen molar-refractivity contribution in [2.24, 2.45) is 5.73 Å². The maximum atomic E-state index is 15.5. The van der Waals surface area contributed by atoms with Gasteiger partial charge < -0.3 is 30.0 Å². The smallest absolute Gasteiger partial charge is 0.214 e. The molecule has 2 aromatic heterocycles. The first kappa shape index (κ1) is 29.8. The van der Waals surface area contributed by atoms with Crippen molar-refractivity contribution in [3.63, 3.8) is 0 Å². The number of benzene rings is 3. The molecule has 0 fully saturated rings. The van der Waals surface area contributed by atoms with Crippen LogP contribution in [0.25, 0.3) is 22.3 Å². The monoisotopic (exact) mass is 585 g/mol. The zero-order valence-corrected chi connectivity index (χ0v) is 23.2. The number of methoxy groups -OCH3 is 1. The lowest BCUT2D eigenvalue weighted by atomic mass is 10.1. The first-order valence-electron chi connectivity index (χ1n) is 13.4. The Morgan fingerprint density at radius 3 is 2.47 bits per heavy atom. The number of imidazole rings is 1. The second-order valence-corrected chi connectivity index (χ2v) is 9.90. The standard InChI is InChI=1S/C32H29F2N5O4/c1-42-24(16-36)17-39-29-13-22(32(40)41)9-10-28(29)37-30(39)14-20-7-8-21(12-26(20)34)27-3-2-4-31(38-27)43-18-23-6-5-19(15-35)11-25(23)33/h2-13,24,32,40-41H,14,16-18,36H2,1H3. The molecule has 5 rings (SSSR count). The highest BCUT2D eigenvalue weighted by molar-refractivity contribution is 5.77. The van der Waals surface area contributed by atoms with E-state index in [1.165, 1.54) is 18.2 Å². The summed E-state index contributed by atoms with van der Waals surface area (Å²) in [6.45, 7) is 0.501. The number of aromatic nitrogens is 3. The van der Waals surface area contributed by atoms with E-state index in [9.17, 15) is 14.6 Å². The van der Waals surface area contributed by atoms with Crippen LogP contribution in [0.5, 0.6) is 5.88 Å². The zero-order valence-electron chi connectivity index (χ0n) is 23.2. The maximum Gasteiger partial charge on any atom is 0.214 e. The minimum absolute atomic E-state index is 0.0882. The summed E-state index contributed by atoms with van der Waals surface area (Å²) in [5.41, 5.74) is 9.31. The van der Waals surface area contributed by atoms with E-state index < -0.39 is 17.9 Å². The van der Waals surface area contributed by atoms with Gasteiger partial charge in [0.25, 0.3) is 0 Å². The normalized spacial score (nSPS) is 12.0. The number of nitrogens with zero attached hydrogens (tertiary/aromatic N) is 4. The van der Waals surface area contributed by atoms with Crippen LogP contribution in [0.1, 0.15) is 34.4 Å². The number of hydrogen-bond acceptors (Lipinski definition) is 8. The molecule has 0 bridgehead atoms. The van der Waals surface area contributed by atoms with E-state index in [0.29, 0.717) is 45.8 Å². The second kappa shape index (κ2) is 13.1. The lowest BCUT2D eigenvalue weighted by Gasteiger charge is -2.17. The van der Waals surface area contributed by atoms with Crippen LogP contribution in [-0.2, 0) is 24.3 Å². The Morgan fingerprint density at radius 1 is 0.977 bits per heavy atom. The summed E-state index contributed by atoms with van der Waals surface area (Å²) in [6, 6.07) is 20.8. The van der Waals surface area contributed by atoms with Crippen molar-refractivity contribution in [3.8, 4) is 23.2 Å². The van der Waals surface area contributed by atoms with Crippen molar-refractivity contribution >= 4 is 11.0 Å². The Labute approximate surface area is 246 Å². The van der Waals surface area contributed by atoms with E-state index in [1.54, 1.807) is 55.6 Å². The molecule has 0 radical (unpaired) electrons. The fraction of sp³-hybridized carbons (Fsp3) is 0.219. The second-order valence-electron chi connectivity index (χ2n) is 9.90. The van der Waals surface area contributed by atoms with Gasteiger partial charge in [0, 0.05) is 42.8 Å². The van der Waals surface area contributed by atoms with Crippen LogP contribution >= 0.6 is 0 Å². The van der Waals surface area contributed by atoms with Crippen molar-refractivity contribution in [3.05, 3.63) is 113 Å².